The summed E-state index contributed by atoms with van der Waals surface area (Å²) in [5, 5.41) is 9.42. The van der Waals surface area contributed by atoms with Crippen LogP contribution in [-0.4, -0.2) is 18.3 Å². The monoisotopic (exact) mass is 348 g/mol. The van der Waals surface area contributed by atoms with Crippen molar-refractivity contribution in [1.82, 2.24) is 0 Å². The number of ether oxygens (including phenoxy) is 2. The molecule has 1 atom stereocenters. The lowest BCUT2D eigenvalue weighted by molar-refractivity contribution is 0.211. The summed E-state index contributed by atoms with van der Waals surface area (Å²) in [7, 11) is 0. The molecule has 0 fully saturated rings. The van der Waals surface area contributed by atoms with Gasteiger partial charge in [-0.25, -0.2) is 0 Å². The second kappa shape index (κ2) is 6.50. The number of fused-ring (bicyclic) bond motifs is 1. The highest BCUT2D eigenvalue weighted by molar-refractivity contribution is 9.10. The molecule has 21 heavy (non-hydrogen) atoms. The molecular formula is C17H17BrO3. The van der Waals surface area contributed by atoms with E-state index in [2.05, 4.69) is 22.0 Å². The molecule has 0 amide bonds. The molecule has 3 nitrogen and oxygen atoms in total. The zero-order valence-corrected chi connectivity index (χ0v) is 13.2. The molecule has 0 saturated heterocycles. The van der Waals surface area contributed by atoms with Crippen LogP contribution in [-0.2, 0) is 6.61 Å². The molecule has 0 aliphatic carbocycles. The number of halogens is 1. The summed E-state index contributed by atoms with van der Waals surface area (Å²) in [6.07, 6.45) is 0.946. The van der Waals surface area contributed by atoms with E-state index in [-0.39, 0.29) is 6.61 Å². The molecule has 1 aliphatic heterocycles. The van der Waals surface area contributed by atoms with Crippen LogP contribution in [0.2, 0.25) is 0 Å². The second-order valence-corrected chi connectivity index (χ2v) is 6.01. The molecule has 2 aromatic rings. The van der Waals surface area contributed by atoms with E-state index >= 15 is 0 Å². The lowest BCUT2D eigenvalue weighted by atomic mass is 9.94. The van der Waals surface area contributed by atoms with E-state index in [1.54, 1.807) is 0 Å². The van der Waals surface area contributed by atoms with Gasteiger partial charge in [-0.2, -0.15) is 0 Å². The Bertz CT molecular complexity index is 627. The van der Waals surface area contributed by atoms with Gasteiger partial charge in [0.05, 0.1) is 19.8 Å². The van der Waals surface area contributed by atoms with Crippen LogP contribution in [0.15, 0.2) is 46.9 Å². The molecule has 0 saturated carbocycles. The molecule has 0 spiro atoms. The van der Waals surface area contributed by atoms with Crippen LogP contribution in [0.25, 0.3) is 0 Å². The third kappa shape index (κ3) is 3.22. The van der Waals surface area contributed by atoms with Crippen molar-refractivity contribution in [3.8, 4) is 11.5 Å². The molecule has 1 N–H and O–H groups in total. The maximum absolute atomic E-state index is 9.42. The first-order valence-electron chi connectivity index (χ1n) is 7.01. The summed E-state index contributed by atoms with van der Waals surface area (Å²) in [5.74, 6) is 2.02. The Balaban J connectivity index is 1.74. The van der Waals surface area contributed by atoms with Crippen LogP contribution < -0.4 is 9.47 Å². The fraction of sp³-hybridized carbons (Fsp3) is 0.294. The van der Waals surface area contributed by atoms with Crippen molar-refractivity contribution in [2.75, 3.05) is 13.2 Å². The van der Waals surface area contributed by atoms with E-state index < -0.39 is 0 Å². The highest BCUT2D eigenvalue weighted by atomic mass is 79.9. The Kier molecular flexibility index (Phi) is 4.46. The fourth-order valence-corrected chi connectivity index (χ4v) is 3.00. The first-order valence-corrected chi connectivity index (χ1v) is 7.81. The van der Waals surface area contributed by atoms with Gasteiger partial charge in [0.2, 0.25) is 0 Å². The van der Waals surface area contributed by atoms with Crippen LogP contribution in [0.4, 0.5) is 0 Å². The lowest BCUT2D eigenvalue weighted by Gasteiger charge is -2.26. The normalized spacial score (nSPS) is 17.0. The maximum Gasteiger partial charge on any atom is 0.124 e. The molecule has 0 bridgehead atoms. The Morgan fingerprint density at radius 1 is 1.24 bits per heavy atom. The van der Waals surface area contributed by atoms with E-state index in [1.165, 1.54) is 5.56 Å². The van der Waals surface area contributed by atoms with Gasteiger partial charge in [0.15, 0.2) is 0 Å². The second-order valence-electron chi connectivity index (χ2n) is 5.09. The Hall–Kier alpha value is -1.52. The highest BCUT2D eigenvalue weighted by Crippen LogP contribution is 2.34. The number of para-hydroxylation sites is 1. The van der Waals surface area contributed by atoms with Crippen molar-refractivity contribution in [3.05, 3.63) is 58.1 Å². The Morgan fingerprint density at radius 3 is 2.95 bits per heavy atom. The number of rotatable bonds is 4. The third-order valence-corrected chi connectivity index (χ3v) is 4.21. The Morgan fingerprint density at radius 2 is 2.10 bits per heavy atom. The fourth-order valence-electron chi connectivity index (χ4n) is 2.59. The lowest BCUT2D eigenvalue weighted by Crippen LogP contribution is -2.19. The molecule has 1 unspecified atom stereocenters. The highest BCUT2D eigenvalue weighted by Gasteiger charge is 2.21. The maximum atomic E-state index is 9.42. The number of aliphatic hydroxyl groups excluding tert-OH is 1. The molecule has 1 aliphatic rings. The van der Waals surface area contributed by atoms with Gasteiger partial charge in [-0.15, -0.1) is 0 Å². The number of hydrogen-bond acceptors (Lipinski definition) is 3. The van der Waals surface area contributed by atoms with Gasteiger partial charge in [0.1, 0.15) is 11.5 Å². The zero-order chi connectivity index (χ0) is 14.7. The van der Waals surface area contributed by atoms with E-state index in [4.69, 9.17) is 9.47 Å². The number of aliphatic hydroxyl groups is 1. The van der Waals surface area contributed by atoms with Gasteiger partial charge >= 0.3 is 0 Å². The van der Waals surface area contributed by atoms with E-state index in [9.17, 15) is 5.11 Å². The van der Waals surface area contributed by atoms with Crippen molar-refractivity contribution in [3.63, 3.8) is 0 Å². The summed E-state index contributed by atoms with van der Waals surface area (Å²) in [6, 6.07) is 13.8. The summed E-state index contributed by atoms with van der Waals surface area (Å²) in [5.41, 5.74) is 2.00. The van der Waals surface area contributed by atoms with E-state index in [1.807, 2.05) is 36.4 Å². The van der Waals surface area contributed by atoms with Gasteiger partial charge in [0, 0.05) is 21.5 Å². The molecule has 0 radical (unpaired) electrons. The summed E-state index contributed by atoms with van der Waals surface area (Å²) in [6.45, 7) is 1.28. The van der Waals surface area contributed by atoms with Crippen LogP contribution in [0.5, 0.6) is 11.5 Å². The predicted molar refractivity (Wildman–Crippen MR) is 84.9 cm³/mol. The third-order valence-electron chi connectivity index (χ3n) is 3.72. The molecule has 2 aromatic carbocycles. The minimum Gasteiger partial charge on any atom is -0.493 e. The van der Waals surface area contributed by atoms with E-state index in [0.717, 1.165) is 34.6 Å². The molecule has 1 heterocycles. The molecule has 110 valence electrons. The van der Waals surface area contributed by atoms with Crippen molar-refractivity contribution >= 4 is 15.9 Å². The zero-order valence-electron chi connectivity index (χ0n) is 11.6. The summed E-state index contributed by atoms with van der Waals surface area (Å²) >= 11 is 3.40. The van der Waals surface area contributed by atoms with Crippen LogP contribution >= 0.6 is 15.9 Å². The first kappa shape index (κ1) is 14.4. The topological polar surface area (TPSA) is 38.7 Å². The number of hydrogen-bond donors (Lipinski definition) is 1. The van der Waals surface area contributed by atoms with Gasteiger partial charge in [-0.3, -0.25) is 0 Å². The standard InChI is InChI=1S/C17H17BrO3/c18-14-5-6-16(13(9-14)10-19)21-11-12-7-8-20-17-4-2-1-3-15(12)17/h1-6,9,12,19H,7-8,10-11H2. The van der Waals surface area contributed by atoms with Crippen molar-refractivity contribution < 1.29 is 14.6 Å². The molecule has 4 heteroatoms. The SMILES string of the molecule is OCc1cc(Br)ccc1OCC1CCOc2ccccc21. The molecule has 3 rings (SSSR count). The van der Waals surface area contributed by atoms with Gasteiger partial charge < -0.3 is 14.6 Å². The molecule has 0 aromatic heterocycles. The van der Waals surface area contributed by atoms with Crippen molar-refractivity contribution in [1.29, 1.82) is 0 Å². The minimum absolute atomic E-state index is 0.0286. The van der Waals surface area contributed by atoms with Gasteiger partial charge in [-0.05, 0) is 30.7 Å². The van der Waals surface area contributed by atoms with Gasteiger partial charge in [-0.1, -0.05) is 34.1 Å². The van der Waals surface area contributed by atoms with Gasteiger partial charge in [0.25, 0.3) is 0 Å². The average molecular weight is 349 g/mol. The minimum atomic E-state index is -0.0286. The smallest absolute Gasteiger partial charge is 0.124 e. The van der Waals surface area contributed by atoms with Crippen molar-refractivity contribution in [2.45, 2.75) is 18.9 Å². The summed E-state index contributed by atoms with van der Waals surface area (Å²) in [4.78, 5) is 0. The largest absolute Gasteiger partial charge is 0.493 e. The Labute approximate surface area is 132 Å². The van der Waals surface area contributed by atoms with E-state index in [0.29, 0.717) is 12.5 Å². The van der Waals surface area contributed by atoms with Crippen LogP contribution in [0.3, 0.4) is 0 Å². The average Bonchev–Trinajstić information content (AvgIpc) is 2.53. The summed E-state index contributed by atoms with van der Waals surface area (Å²) < 4.78 is 12.5. The molecular weight excluding hydrogens is 332 g/mol. The quantitative estimate of drug-likeness (QED) is 0.910. The predicted octanol–water partition coefficient (Wildman–Crippen LogP) is 3.89. The van der Waals surface area contributed by atoms with Crippen LogP contribution in [0, 0.1) is 0 Å². The first-order chi connectivity index (χ1) is 10.3. The van der Waals surface area contributed by atoms with Crippen LogP contribution in [0.1, 0.15) is 23.5 Å². The number of benzene rings is 2. The van der Waals surface area contributed by atoms with Crippen molar-refractivity contribution in [2.24, 2.45) is 0 Å².